The maximum absolute atomic E-state index is 13.8. The van der Waals surface area contributed by atoms with Gasteiger partial charge in [0.25, 0.3) is 0 Å². The van der Waals surface area contributed by atoms with Gasteiger partial charge in [-0.25, -0.2) is 21.2 Å². The summed E-state index contributed by atoms with van der Waals surface area (Å²) in [5.74, 6) is -0.354. The zero-order valence-electron chi connectivity index (χ0n) is 14.6. The van der Waals surface area contributed by atoms with Crippen molar-refractivity contribution in [3.8, 4) is 11.5 Å². The second-order valence-electron chi connectivity index (χ2n) is 5.96. The van der Waals surface area contributed by atoms with Crippen LogP contribution in [0.2, 0.25) is 0 Å². The molecule has 1 aliphatic rings. The monoisotopic (exact) mass is 415 g/mol. The van der Waals surface area contributed by atoms with E-state index in [-0.39, 0.29) is 28.6 Å². The Labute approximate surface area is 157 Å². The third kappa shape index (κ3) is 3.52. The number of ether oxygens (including phenoxy) is 2. The number of halogens is 1. The third-order valence-electron chi connectivity index (χ3n) is 4.40. The second kappa shape index (κ2) is 7.10. The molecule has 2 aromatic rings. The summed E-state index contributed by atoms with van der Waals surface area (Å²) >= 11 is 0. The minimum absolute atomic E-state index is 0.0717. The van der Waals surface area contributed by atoms with Crippen molar-refractivity contribution in [3.05, 3.63) is 48.3 Å². The van der Waals surface area contributed by atoms with Crippen LogP contribution in [0.15, 0.2) is 52.3 Å². The molecule has 0 N–H and O–H groups in total. The molecule has 1 fully saturated rings. The van der Waals surface area contributed by atoms with Crippen LogP contribution < -0.4 is 9.47 Å². The van der Waals surface area contributed by atoms with Crippen molar-refractivity contribution in [2.45, 2.75) is 15.0 Å². The van der Waals surface area contributed by atoms with Gasteiger partial charge in [0.2, 0.25) is 10.0 Å². The Kier molecular flexibility index (Phi) is 5.15. The molecule has 1 aliphatic heterocycles. The van der Waals surface area contributed by atoms with Gasteiger partial charge in [0, 0.05) is 13.1 Å². The highest BCUT2D eigenvalue weighted by Gasteiger charge is 2.44. The first-order valence-electron chi connectivity index (χ1n) is 7.92. The SMILES string of the molecule is COc1ccc(S(=O)(=O)C2CN(S(=O)(=O)c3ccc(OC)c(F)c3)C2)cc1. The molecule has 0 bridgehead atoms. The molecule has 0 aliphatic carbocycles. The van der Waals surface area contributed by atoms with Crippen molar-refractivity contribution < 1.29 is 30.7 Å². The van der Waals surface area contributed by atoms with Crippen molar-refractivity contribution >= 4 is 19.9 Å². The summed E-state index contributed by atoms with van der Waals surface area (Å²) in [7, 11) is -4.91. The summed E-state index contributed by atoms with van der Waals surface area (Å²) in [5, 5.41) is -0.858. The lowest BCUT2D eigenvalue weighted by Crippen LogP contribution is -2.56. The van der Waals surface area contributed by atoms with Crippen LogP contribution in [0.3, 0.4) is 0 Å². The van der Waals surface area contributed by atoms with E-state index < -0.39 is 30.9 Å². The molecule has 0 unspecified atom stereocenters. The van der Waals surface area contributed by atoms with Crippen molar-refractivity contribution in [2.24, 2.45) is 0 Å². The molecule has 0 amide bonds. The molecule has 7 nitrogen and oxygen atoms in total. The van der Waals surface area contributed by atoms with Crippen LogP contribution in [0.5, 0.6) is 11.5 Å². The van der Waals surface area contributed by atoms with Gasteiger partial charge in [-0.1, -0.05) is 0 Å². The zero-order chi connectivity index (χ0) is 19.8. The van der Waals surface area contributed by atoms with Crippen LogP contribution in [-0.4, -0.2) is 53.7 Å². The lowest BCUT2D eigenvalue weighted by Gasteiger charge is -2.37. The maximum Gasteiger partial charge on any atom is 0.243 e. The Morgan fingerprint density at radius 3 is 2.04 bits per heavy atom. The van der Waals surface area contributed by atoms with Crippen molar-refractivity contribution in [1.82, 2.24) is 4.31 Å². The van der Waals surface area contributed by atoms with Crippen molar-refractivity contribution in [1.29, 1.82) is 0 Å². The molecule has 0 aromatic heterocycles. The molecule has 146 valence electrons. The minimum atomic E-state index is -3.98. The summed E-state index contributed by atoms with van der Waals surface area (Å²) in [5.41, 5.74) is 0. The van der Waals surface area contributed by atoms with Gasteiger partial charge in [0.15, 0.2) is 21.4 Å². The number of sulfonamides is 1. The molecule has 1 saturated heterocycles. The predicted molar refractivity (Wildman–Crippen MR) is 95.7 cm³/mol. The van der Waals surface area contributed by atoms with Gasteiger partial charge in [-0.3, -0.25) is 0 Å². The topological polar surface area (TPSA) is 90.0 Å². The van der Waals surface area contributed by atoms with Gasteiger partial charge in [-0.15, -0.1) is 0 Å². The molecular formula is C17H18FNO6S2. The lowest BCUT2D eigenvalue weighted by atomic mass is 10.3. The number of rotatable bonds is 6. The van der Waals surface area contributed by atoms with Crippen LogP contribution in [0, 0.1) is 5.82 Å². The zero-order valence-corrected chi connectivity index (χ0v) is 16.3. The summed E-state index contributed by atoms with van der Waals surface area (Å²) < 4.78 is 75.0. The molecule has 0 spiro atoms. The van der Waals surface area contributed by atoms with E-state index in [1.807, 2.05) is 0 Å². The number of hydrogen-bond acceptors (Lipinski definition) is 6. The Bertz CT molecular complexity index is 1050. The minimum Gasteiger partial charge on any atom is -0.497 e. The van der Waals surface area contributed by atoms with E-state index in [0.29, 0.717) is 5.75 Å². The van der Waals surface area contributed by atoms with E-state index in [4.69, 9.17) is 9.47 Å². The lowest BCUT2D eigenvalue weighted by molar-refractivity contribution is 0.309. The third-order valence-corrected chi connectivity index (χ3v) is 8.34. The van der Waals surface area contributed by atoms with Crippen LogP contribution in [0.25, 0.3) is 0 Å². The van der Waals surface area contributed by atoms with E-state index in [1.54, 1.807) is 0 Å². The predicted octanol–water partition coefficient (Wildman–Crippen LogP) is 1.69. The summed E-state index contributed by atoms with van der Waals surface area (Å²) in [4.78, 5) is -0.151. The first kappa shape index (κ1) is 19.6. The second-order valence-corrected chi connectivity index (χ2v) is 10.1. The van der Waals surface area contributed by atoms with Crippen LogP contribution in [0.4, 0.5) is 4.39 Å². The molecular weight excluding hydrogens is 397 g/mol. The fourth-order valence-electron chi connectivity index (χ4n) is 2.71. The van der Waals surface area contributed by atoms with Gasteiger partial charge in [0.1, 0.15) is 5.75 Å². The highest BCUT2D eigenvalue weighted by Crippen LogP contribution is 2.30. The van der Waals surface area contributed by atoms with Crippen LogP contribution >= 0.6 is 0 Å². The van der Waals surface area contributed by atoms with E-state index in [0.717, 1.165) is 10.4 Å². The summed E-state index contributed by atoms with van der Waals surface area (Å²) in [6.07, 6.45) is 0. The average Bonchev–Trinajstić information content (AvgIpc) is 2.59. The van der Waals surface area contributed by atoms with Gasteiger partial charge < -0.3 is 9.47 Å². The number of hydrogen-bond donors (Lipinski definition) is 0. The summed E-state index contributed by atoms with van der Waals surface area (Å²) in [6.45, 7) is -0.380. The Hall–Kier alpha value is -2.17. The summed E-state index contributed by atoms with van der Waals surface area (Å²) in [6, 6.07) is 9.20. The molecule has 10 heteroatoms. The Morgan fingerprint density at radius 2 is 1.52 bits per heavy atom. The first-order chi connectivity index (χ1) is 12.7. The quantitative estimate of drug-likeness (QED) is 0.713. The average molecular weight is 415 g/mol. The van der Waals surface area contributed by atoms with Crippen molar-refractivity contribution in [3.63, 3.8) is 0 Å². The van der Waals surface area contributed by atoms with E-state index in [2.05, 4.69) is 0 Å². The number of nitrogens with zero attached hydrogens (tertiary/aromatic N) is 1. The highest BCUT2D eigenvalue weighted by molar-refractivity contribution is 7.92. The van der Waals surface area contributed by atoms with Crippen molar-refractivity contribution in [2.75, 3.05) is 27.3 Å². The Balaban J connectivity index is 1.76. The van der Waals surface area contributed by atoms with E-state index >= 15 is 0 Å². The normalized spacial score (nSPS) is 16.0. The van der Waals surface area contributed by atoms with Gasteiger partial charge in [-0.05, 0) is 42.5 Å². The van der Waals surface area contributed by atoms with E-state index in [9.17, 15) is 21.2 Å². The molecule has 0 radical (unpaired) electrons. The molecule has 3 rings (SSSR count). The molecule has 1 heterocycles. The van der Waals surface area contributed by atoms with Gasteiger partial charge in [0.05, 0.1) is 29.3 Å². The van der Waals surface area contributed by atoms with E-state index in [1.165, 1.54) is 50.6 Å². The first-order valence-corrected chi connectivity index (χ1v) is 10.9. The number of sulfone groups is 1. The molecule has 27 heavy (non-hydrogen) atoms. The number of methoxy groups -OCH3 is 2. The Morgan fingerprint density at radius 1 is 0.926 bits per heavy atom. The molecule has 0 atom stereocenters. The van der Waals surface area contributed by atoms with Crippen LogP contribution in [0.1, 0.15) is 0 Å². The molecule has 0 saturated carbocycles. The standard InChI is InChI=1S/C17H18FNO6S2/c1-24-12-3-5-13(6-4-12)26(20,21)15-10-19(11-15)27(22,23)14-7-8-17(25-2)16(18)9-14/h3-9,15H,10-11H2,1-2H3. The largest absolute Gasteiger partial charge is 0.497 e. The highest BCUT2D eigenvalue weighted by atomic mass is 32.2. The smallest absolute Gasteiger partial charge is 0.243 e. The van der Waals surface area contributed by atoms with Gasteiger partial charge in [-0.2, -0.15) is 4.31 Å². The fourth-order valence-corrected chi connectivity index (χ4v) is 6.09. The van der Waals surface area contributed by atoms with Crippen LogP contribution in [-0.2, 0) is 19.9 Å². The number of benzene rings is 2. The maximum atomic E-state index is 13.8. The molecule has 2 aromatic carbocycles. The fraction of sp³-hybridized carbons (Fsp3) is 0.294. The van der Waals surface area contributed by atoms with Gasteiger partial charge >= 0.3 is 0 Å².